The quantitative estimate of drug-likeness (QED) is 0.823. The highest BCUT2D eigenvalue weighted by molar-refractivity contribution is 6.07. The van der Waals surface area contributed by atoms with E-state index in [1.165, 1.54) is 0 Å². The Morgan fingerprint density at radius 3 is 2.64 bits per heavy atom. The Morgan fingerprint density at radius 2 is 2.04 bits per heavy atom. The van der Waals surface area contributed by atoms with Gasteiger partial charge in [0.05, 0.1) is 19.9 Å². The molecule has 6 heteroatoms. The van der Waals surface area contributed by atoms with Crippen LogP contribution in [0.1, 0.15) is 40.0 Å². The summed E-state index contributed by atoms with van der Waals surface area (Å²) in [6.45, 7) is 6.64. The molecule has 0 spiro atoms. The van der Waals surface area contributed by atoms with Crippen molar-refractivity contribution in [2.75, 3.05) is 25.7 Å². The minimum absolute atomic E-state index is 0.0787. The van der Waals surface area contributed by atoms with E-state index in [0.29, 0.717) is 42.5 Å². The molecule has 1 aromatic rings. The van der Waals surface area contributed by atoms with E-state index in [2.05, 4.69) is 19.2 Å². The molecule has 0 unspecified atom stereocenters. The predicted molar refractivity (Wildman–Crippen MR) is 97.1 cm³/mol. The maximum Gasteiger partial charge on any atom is 0.246 e. The van der Waals surface area contributed by atoms with Crippen LogP contribution < -0.4 is 19.7 Å². The number of anilines is 1. The molecule has 0 aliphatic carbocycles. The first kappa shape index (κ1) is 19.1. The number of methoxy groups -OCH3 is 2. The minimum atomic E-state index is -0.921. The molecule has 0 saturated carbocycles. The van der Waals surface area contributed by atoms with Crippen LogP contribution in [-0.2, 0) is 9.59 Å². The average molecular weight is 348 g/mol. The van der Waals surface area contributed by atoms with Gasteiger partial charge in [-0.1, -0.05) is 13.8 Å². The fourth-order valence-electron chi connectivity index (χ4n) is 3.10. The fourth-order valence-corrected chi connectivity index (χ4v) is 3.10. The fraction of sp³-hybridized carbons (Fsp3) is 0.579. The summed E-state index contributed by atoms with van der Waals surface area (Å²) in [5.74, 6) is 1.45. The van der Waals surface area contributed by atoms with Gasteiger partial charge in [-0.15, -0.1) is 0 Å². The van der Waals surface area contributed by atoms with Crippen LogP contribution in [-0.4, -0.2) is 38.1 Å². The molecule has 6 nitrogen and oxygen atoms in total. The Kier molecular flexibility index (Phi) is 5.93. The van der Waals surface area contributed by atoms with Gasteiger partial charge in [-0.05, 0) is 37.8 Å². The number of nitrogens with one attached hydrogen (secondary N) is 1. The average Bonchev–Trinajstić information content (AvgIpc) is 2.90. The topological polar surface area (TPSA) is 67.9 Å². The van der Waals surface area contributed by atoms with Gasteiger partial charge in [0, 0.05) is 19.0 Å². The Bertz CT molecular complexity index is 644. The summed E-state index contributed by atoms with van der Waals surface area (Å²) < 4.78 is 10.6. The second-order valence-electron chi connectivity index (χ2n) is 6.98. The third-order valence-electron chi connectivity index (χ3n) is 4.69. The SMILES string of the molecule is COc1ccc(N2C(=O)CC[C@]2(C)C(=O)NCCC(C)C)c(OC)c1. The maximum absolute atomic E-state index is 12.8. The number of rotatable bonds is 7. The molecular formula is C19H28N2O4. The lowest BCUT2D eigenvalue weighted by Crippen LogP contribution is -2.55. The summed E-state index contributed by atoms with van der Waals surface area (Å²) >= 11 is 0. The lowest BCUT2D eigenvalue weighted by atomic mass is 9.96. The Labute approximate surface area is 149 Å². The first-order valence-corrected chi connectivity index (χ1v) is 8.67. The van der Waals surface area contributed by atoms with Crippen LogP contribution in [0.2, 0.25) is 0 Å². The first-order valence-electron chi connectivity index (χ1n) is 8.67. The minimum Gasteiger partial charge on any atom is -0.497 e. The highest BCUT2D eigenvalue weighted by Gasteiger charge is 2.48. The smallest absolute Gasteiger partial charge is 0.246 e. The van der Waals surface area contributed by atoms with Gasteiger partial charge in [0.2, 0.25) is 11.8 Å². The Balaban J connectivity index is 2.31. The number of ether oxygens (including phenoxy) is 2. The molecule has 0 bridgehead atoms. The number of nitrogens with zero attached hydrogens (tertiary/aromatic N) is 1. The molecule has 1 heterocycles. The lowest BCUT2D eigenvalue weighted by Gasteiger charge is -2.34. The van der Waals surface area contributed by atoms with Crippen LogP contribution in [0.25, 0.3) is 0 Å². The molecule has 25 heavy (non-hydrogen) atoms. The number of carbonyl (C=O) groups is 2. The number of hydrogen-bond donors (Lipinski definition) is 1. The number of amides is 2. The van der Waals surface area contributed by atoms with Crippen LogP contribution in [0.15, 0.2) is 18.2 Å². The summed E-state index contributed by atoms with van der Waals surface area (Å²) in [7, 11) is 3.11. The van der Waals surface area contributed by atoms with Gasteiger partial charge in [-0.25, -0.2) is 0 Å². The van der Waals surface area contributed by atoms with Gasteiger partial charge in [0.1, 0.15) is 17.0 Å². The van der Waals surface area contributed by atoms with Crippen molar-refractivity contribution in [3.8, 4) is 11.5 Å². The lowest BCUT2D eigenvalue weighted by molar-refractivity contribution is -0.127. The van der Waals surface area contributed by atoms with Crippen molar-refractivity contribution >= 4 is 17.5 Å². The zero-order valence-electron chi connectivity index (χ0n) is 15.7. The van der Waals surface area contributed by atoms with Gasteiger partial charge in [0.15, 0.2) is 0 Å². The van der Waals surface area contributed by atoms with Crippen LogP contribution >= 0.6 is 0 Å². The van der Waals surface area contributed by atoms with Crippen molar-refractivity contribution in [3.63, 3.8) is 0 Å². The van der Waals surface area contributed by atoms with Gasteiger partial charge in [-0.3, -0.25) is 14.5 Å². The summed E-state index contributed by atoms with van der Waals surface area (Å²) in [4.78, 5) is 27.0. The van der Waals surface area contributed by atoms with E-state index >= 15 is 0 Å². The van der Waals surface area contributed by atoms with Crippen molar-refractivity contribution in [1.29, 1.82) is 0 Å². The molecule has 0 aromatic heterocycles. The van der Waals surface area contributed by atoms with Crippen molar-refractivity contribution in [2.45, 2.75) is 45.6 Å². The highest BCUT2D eigenvalue weighted by atomic mass is 16.5. The summed E-state index contributed by atoms with van der Waals surface area (Å²) in [6, 6.07) is 5.25. The summed E-state index contributed by atoms with van der Waals surface area (Å²) in [5, 5.41) is 2.98. The second-order valence-corrected chi connectivity index (χ2v) is 6.98. The molecule has 1 saturated heterocycles. The molecule has 1 atom stereocenters. The van der Waals surface area contributed by atoms with E-state index in [9.17, 15) is 9.59 Å². The number of benzene rings is 1. The molecule has 138 valence electrons. The molecular weight excluding hydrogens is 320 g/mol. The maximum atomic E-state index is 12.8. The zero-order valence-corrected chi connectivity index (χ0v) is 15.7. The standard InChI is InChI=1S/C19H28N2O4/c1-13(2)9-11-20-18(23)19(3)10-8-17(22)21(19)15-7-6-14(24-4)12-16(15)25-5/h6-7,12-13H,8-11H2,1-5H3,(H,20,23)/t19-/m1/s1. The van der Waals surface area contributed by atoms with E-state index in [1.807, 2.05) is 6.92 Å². The van der Waals surface area contributed by atoms with Crippen molar-refractivity contribution in [2.24, 2.45) is 5.92 Å². The Morgan fingerprint density at radius 1 is 1.32 bits per heavy atom. The van der Waals surface area contributed by atoms with Gasteiger partial charge in [0.25, 0.3) is 0 Å². The van der Waals surface area contributed by atoms with E-state index < -0.39 is 5.54 Å². The van der Waals surface area contributed by atoms with Crippen LogP contribution in [0, 0.1) is 5.92 Å². The largest absolute Gasteiger partial charge is 0.497 e. The molecule has 1 fully saturated rings. The second kappa shape index (κ2) is 7.76. The number of carbonyl (C=O) groups excluding carboxylic acids is 2. The zero-order chi connectivity index (χ0) is 18.6. The number of hydrogen-bond acceptors (Lipinski definition) is 4. The van der Waals surface area contributed by atoms with Crippen molar-refractivity contribution in [1.82, 2.24) is 5.32 Å². The first-order chi connectivity index (χ1) is 11.8. The van der Waals surface area contributed by atoms with Gasteiger partial charge >= 0.3 is 0 Å². The van der Waals surface area contributed by atoms with E-state index in [4.69, 9.17) is 9.47 Å². The van der Waals surface area contributed by atoms with Crippen molar-refractivity contribution in [3.05, 3.63) is 18.2 Å². The van der Waals surface area contributed by atoms with Crippen molar-refractivity contribution < 1.29 is 19.1 Å². The van der Waals surface area contributed by atoms with Crippen LogP contribution in [0.3, 0.4) is 0 Å². The summed E-state index contributed by atoms with van der Waals surface area (Å²) in [6.07, 6.45) is 1.72. The van der Waals surface area contributed by atoms with Gasteiger partial charge < -0.3 is 14.8 Å². The molecule has 0 radical (unpaired) electrons. The van der Waals surface area contributed by atoms with E-state index in [-0.39, 0.29) is 11.8 Å². The molecule has 1 N–H and O–H groups in total. The van der Waals surface area contributed by atoms with Crippen LogP contribution in [0.5, 0.6) is 11.5 Å². The third kappa shape index (κ3) is 3.89. The van der Waals surface area contributed by atoms with E-state index in [0.717, 1.165) is 6.42 Å². The monoisotopic (exact) mass is 348 g/mol. The highest BCUT2D eigenvalue weighted by Crippen LogP contribution is 2.41. The predicted octanol–water partition coefficient (Wildman–Crippen LogP) is 2.75. The van der Waals surface area contributed by atoms with Crippen LogP contribution in [0.4, 0.5) is 5.69 Å². The third-order valence-corrected chi connectivity index (χ3v) is 4.69. The van der Waals surface area contributed by atoms with E-state index in [1.54, 1.807) is 37.3 Å². The molecule has 1 aromatic carbocycles. The normalized spacial score (nSPS) is 20.1. The molecule has 1 aliphatic heterocycles. The summed E-state index contributed by atoms with van der Waals surface area (Å²) in [5.41, 5.74) is -0.331. The molecule has 2 amide bonds. The molecule has 1 aliphatic rings. The molecule has 2 rings (SSSR count). The Hall–Kier alpha value is -2.24. The van der Waals surface area contributed by atoms with Gasteiger partial charge in [-0.2, -0.15) is 0 Å².